The highest BCUT2D eigenvalue weighted by Crippen LogP contribution is 2.22. The summed E-state index contributed by atoms with van der Waals surface area (Å²) in [5, 5.41) is 26.8. The summed E-state index contributed by atoms with van der Waals surface area (Å²) in [5.74, 6) is 0.00838. The van der Waals surface area contributed by atoms with E-state index in [4.69, 9.17) is 15.3 Å². The Bertz CT molecular complexity index is 235. The van der Waals surface area contributed by atoms with Gasteiger partial charge >= 0.3 is 0 Å². The highest BCUT2D eigenvalue weighted by atomic mass is 16.3. The van der Waals surface area contributed by atoms with E-state index in [0.29, 0.717) is 5.56 Å². The Morgan fingerprint density at radius 2 is 1.91 bits per heavy atom. The minimum absolute atomic E-state index is 0.00838. The van der Waals surface area contributed by atoms with E-state index in [0.717, 1.165) is 0 Å². The zero-order chi connectivity index (χ0) is 8.27. The Kier molecular flexibility index (Phi) is 2.46. The van der Waals surface area contributed by atoms with Crippen molar-refractivity contribution in [1.82, 2.24) is 0 Å². The van der Waals surface area contributed by atoms with Crippen molar-refractivity contribution >= 4 is 0 Å². The van der Waals surface area contributed by atoms with Crippen molar-refractivity contribution in [3.8, 4) is 5.75 Å². The first-order chi connectivity index (χ1) is 5.25. The predicted molar refractivity (Wildman–Crippen MR) is 40.2 cm³/mol. The first kappa shape index (κ1) is 8.04. The molecular weight excluding hydrogens is 144 g/mol. The molecule has 0 bridgehead atoms. The molecule has 1 atom stereocenters. The van der Waals surface area contributed by atoms with Crippen molar-refractivity contribution in [3.05, 3.63) is 29.8 Å². The summed E-state index contributed by atoms with van der Waals surface area (Å²) in [6, 6.07) is 6.38. The summed E-state index contributed by atoms with van der Waals surface area (Å²) in [6.45, 7) is -0.377. The van der Waals surface area contributed by atoms with Crippen LogP contribution in [0.4, 0.5) is 0 Å². The molecular formula is C8H10O3. The minimum atomic E-state index is -0.990. The normalized spacial score (nSPS) is 12.9. The third-order valence-electron chi connectivity index (χ3n) is 1.47. The third-order valence-corrected chi connectivity index (χ3v) is 1.47. The molecule has 0 amide bonds. The van der Waals surface area contributed by atoms with Gasteiger partial charge in [-0.05, 0) is 6.07 Å². The molecule has 11 heavy (non-hydrogen) atoms. The van der Waals surface area contributed by atoms with Crippen LogP contribution in [0.1, 0.15) is 11.7 Å². The molecule has 0 saturated carbocycles. The van der Waals surface area contributed by atoms with Gasteiger partial charge in [0.25, 0.3) is 0 Å². The van der Waals surface area contributed by atoms with Gasteiger partial charge in [-0.1, -0.05) is 18.2 Å². The van der Waals surface area contributed by atoms with E-state index in [1.54, 1.807) is 18.2 Å². The van der Waals surface area contributed by atoms with Gasteiger partial charge < -0.3 is 15.3 Å². The Morgan fingerprint density at radius 1 is 1.27 bits per heavy atom. The number of aliphatic hydroxyl groups excluding tert-OH is 2. The molecule has 0 aliphatic rings. The van der Waals surface area contributed by atoms with Crippen molar-refractivity contribution in [2.45, 2.75) is 6.10 Å². The van der Waals surface area contributed by atoms with Crippen LogP contribution in [0, 0.1) is 0 Å². The second-order valence-corrected chi connectivity index (χ2v) is 2.26. The fraction of sp³-hybridized carbons (Fsp3) is 0.250. The van der Waals surface area contributed by atoms with Gasteiger partial charge in [0.15, 0.2) is 0 Å². The van der Waals surface area contributed by atoms with Gasteiger partial charge in [-0.25, -0.2) is 0 Å². The number of hydrogen-bond acceptors (Lipinski definition) is 3. The highest BCUT2D eigenvalue weighted by Gasteiger charge is 2.08. The molecule has 3 N–H and O–H groups in total. The van der Waals surface area contributed by atoms with Gasteiger partial charge in [-0.3, -0.25) is 0 Å². The number of para-hydroxylation sites is 1. The van der Waals surface area contributed by atoms with Crippen molar-refractivity contribution in [1.29, 1.82) is 0 Å². The minimum Gasteiger partial charge on any atom is -0.508 e. The van der Waals surface area contributed by atoms with E-state index < -0.39 is 6.10 Å². The largest absolute Gasteiger partial charge is 0.508 e. The number of aromatic hydroxyl groups is 1. The average molecular weight is 154 g/mol. The molecule has 3 heteroatoms. The van der Waals surface area contributed by atoms with Crippen LogP contribution in [-0.4, -0.2) is 21.9 Å². The van der Waals surface area contributed by atoms with Crippen LogP contribution < -0.4 is 0 Å². The second-order valence-electron chi connectivity index (χ2n) is 2.26. The first-order valence-electron chi connectivity index (χ1n) is 3.32. The number of phenolic OH excluding ortho intramolecular Hbond substituents is 1. The molecule has 1 rings (SSSR count). The smallest absolute Gasteiger partial charge is 0.121 e. The standard InChI is InChI=1S/C8H10O3/c9-5-8(11)6-3-1-2-4-7(6)10/h1-4,8-11H,5H2/t8-/m0/s1. The van der Waals surface area contributed by atoms with E-state index >= 15 is 0 Å². The molecule has 3 nitrogen and oxygen atoms in total. The molecule has 1 aromatic rings. The molecule has 0 unspecified atom stereocenters. The third kappa shape index (κ3) is 1.69. The van der Waals surface area contributed by atoms with Gasteiger partial charge in [0.1, 0.15) is 11.9 Å². The van der Waals surface area contributed by atoms with Gasteiger partial charge in [-0.15, -0.1) is 0 Å². The van der Waals surface area contributed by atoms with Crippen LogP contribution >= 0.6 is 0 Å². The molecule has 0 radical (unpaired) electrons. The van der Waals surface area contributed by atoms with E-state index in [9.17, 15) is 0 Å². The second kappa shape index (κ2) is 3.37. The first-order valence-corrected chi connectivity index (χ1v) is 3.32. The summed E-state index contributed by atoms with van der Waals surface area (Å²) < 4.78 is 0. The van der Waals surface area contributed by atoms with Crippen LogP contribution in [0.2, 0.25) is 0 Å². The van der Waals surface area contributed by atoms with Crippen molar-refractivity contribution in [3.63, 3.8) is 0 Å². The lowest BCUT2D eigenvalue weighted by Crippen LogP contribution is -2.01. The summed E-state index contributed by atoms with van der Waals surface area (Å²) in [4.78, 5) is 0. The molecule has 0 spiro atoms. The van der Waals surface area contributed by atoms with Crippen LogP contribution in [0.3, 0.4) is 0 Å². The van der Waals surface area contributed by atoms with Crippen LogP contribution in [0.5, 0.6) is 5.75 Å². The lowest BCUT2D eigenvalue weighted by molar-refractivity contribution is 0.0935. The quantitative estimate of drug-likeness (QED) is 0.578. The molecule has 0 aliphatic heterocycles. The van der Waals surface area contributed by atoms with Crippen LogP contribution in [-0.2, 0) is 0 Å². The average Bonchev–Trinajstić information content (AvgIpc) is 2.04. The lowest BCUT2D eigenvalue weighted by Gasteiger charge is -2.08. The molecule has 0 fully saturated rings. The Balaban J connectivity index is 2.93. The maximum Gasteiger partial charge on any atom is 0.121 e. The van der Waals surface area contributed by atoms with Gasteiger partial charge in [0, 0.05) is 5.56 Å². The van der Waals surface area contributed by atoms with Gasteiger partial charge in [-0.2, -0.15) is 0 Å². The molecule has 1 aromatic carbocycles. The number of phenols is 1. The number of benzene rings is 1. The SMILES string of the molecule is OC[C@H](O)c1ccccc1O. The Labute approximate surface area is 64.5 Å². The topological polar surface area (TPSA) is 60.7 Å². The zero-order valence-electron chi connectivity index (χ0n) is 5.94. The lowest BCUT2D eigenvalue weighted by atomic mass is 10.1. The number of aliphatic hydroxyl groups is 2. The van der Waals surface area contributed by atoms with E-state index in [2.05, 4.69) is 0 Å². The van der Waals surface area contributed by atoms with Crippen molar-refractivity contribution in [2.24, 2.45) is 0 Å². The van der Waals surface area contributed by atoms with Gasteiger partial charge in [0.05, 0.1) is 6.61 Å². The predicted octanol–water partition coefficient (Wildman–Crippen LogP) is 0.418. The maximum atomic E-state index is 9.14. The Hall–Kier alpha value is -1.06. The monoisotopic (exact) mass is 154 g/mol. The van der Waals surface area contributed by atoms with Crippen molar-refractivity contribution in [2.75, 3.05) is 6.61 Å². The fourth-order valence-corrected chi connectivity index (χ4v) is 0.868. The Morgan fingerprint density at radius 3 is 2.45 bits per heavy atom. The maximum absolute atomic E-state index is 9.14. The summed E-state index contributed by atoms with van der Waals surface area (Å²) in [5.41, 5.74) is 0.356. The summed E-state index contributed by atoms with van der Waals surface area (Å²) in [7, 11) is 0. The van der Waals surface area contributed by atoms with E-state index in [1.165, 1.54) is 6.07 Å². The van der Waals surface area contributed by atoms with Crippen LogP contribution in [0.25, 0.3) is 0 Å². The summed E-state index contributed by atoms with van der Waals surface area (Å²) >= 11 is 0. The van der Waals surface area contributed by atoms with Crippen molar-refractivity contribution < 1.29 is 15.3 Å². The molecule has 0 heterocycles. The van der Waals surface area contributed by atoms with E-state index in [-0.39, 0.29) is 12.4 Å². The molecule has 0 saturated heterocycles. The highest BCUT2D eigenvalue weighted by molar-refractivity contribution is 5.33. The van der Waals surface area contributed by atoms with Crippen LogP contribution in [0.15, 0.2) is 24.3 Å². The fourth-order valence-electron chi connectivity index (χ4n) is 0.868. The zero-order valence-corrected chi connectivity index (χ0v) is 5.94. The number of rotatable bonds is 2. The van der Waals surface area contributed by atoms with E-state index in [1.807, 2.05) is 0 Å². The summed E-state index contributed by atoms with van der Waals surface area (Å²) in [6.07, 6.45) is -0.990. The van der Waals surface area contributed by atoms with Gasteiger partial charge in [0.2, 0.25) is 0 Å². The molecule has 0 aromatic heterocycles. The molecule has 0 aliphatic carbocycles. The molecule has 60 valence electrons. The number of hydrogen-bond donors (Lipinski definition) is 3.